The molecule has 23 heavy (non-hydrogen) atoms. The minimum Gasteiger partial charge on any atom is -0.461 e. The third kappa shape index (κ3) is 3.84. The van der Waals surface area contributed by atoms with Crippen molar-refractivity contribution >= 4 is 11.7 Å². The molecule has 1 aliphatic heterocycles. The van der Waals surface area contributed by atoms with Crippen LogP contribution < -0.4 is 0 Å². The number of carbonyl (C=O) groups is 2. The first-order valence-corrected chi connectivity index (χ1v) is 7.62. The van der Waals surface area contributed by atoms with Crippen molar-refractivity contribution in [1.82, 2.24) is 9.88 Å². The Morgan fingerprint density at radius 2 is 2.17 bits per heavy atom. The molecule has 0 aromatic carbocycles. The Kier molecular flexibility index (Phi) is 4.83. The molecule has 0 aliphatic carbocycles. The van der Waals surface area contributed by atoms with Gasteiger partial charge in [-0.15, -0.1) is 0 Å². The molecule has 0 N–H and O–H groups in total. The summed E-state index contributed by atoms with van der Waals surface area (Å²) in [6.45, 7) is 1.34. The average molecular weight is 314 g/mol. The van der Waals surface area contributed by atoms with Crippen molar-refractivity contribution in [2.24, 2.45) is 0 Å². The van der Waals surface area contributed by atoms with Gasteiger partial charge in [-0.25, -0.2) is 0 Å². The summed E-state index contributed by atoms with van der Waals surface area (Å²) in [6.07, 6.45) is 4.87. The van der Waals surface area contributed by atoms with E-state index in [0.717, 1.165) is 18.5 Å². The number of hydrogen-bond donors (Lipinski definition) is 0. The minimum absolute atomic E-state index is 0.0351. The van der Waals surface area contributed by atoms with E-state index < -0.39 is 11.7 Å². The second kappa shape index (κ2) is 7.19. The standard InChI is InChI=1S/C17H18N2O4/c20-16(15-7-4-10-23-15)17(21)19(12-14-6-3-9-22-14)11-13-5-1-2-8-18-13/h1-2,4-5,7-8,10,14H,3,6,9,11-12H2. The monoisotopic (exact) mass is 314 g/mol. The maximum atomic E-state index is 12.6. The zero-order valence-electron chi connectivity index (χ0n) is 12.7. The zero-order chi connectivity index (χ0) is 16.1. The lowest BCUT2D eigenvalue weighted by molar-refractivity contribution is -0.128. The molecule has 0 spiro atoms. The van der Waals surface area contributed by atoms with E-state index in [4.69, 9.17) is 9.15 Å². The highest BCUT2D eigenvalue weighted by molar-refractivity contribution is 6.41. The van der Waals surface area contributed by atoms with Gasteiger partial charge < -0.3 is 14.1 Å². The fourth-order valence-electron chi connectivity index (χ4n) is 2.60. The Bertz CT molecular complexity index is 648. The van der Waals surface area contributed by atoms with E-state index in [1.54, 1.807) is 12.3 Å². The number of ether oxygens (including phenoxy) is 1. The number of Topliss-reactive ketones (excluding diaryl/α,β-unsaturated/α-hetero) is 1. The molecule has 1 unspecified atom stereocenters. The van der Waals surface area contributed by atoms with Gasteiger partial charge >= 0.3 is 0 Å². The fraction of sp³-hybridized carbons (Fsp3) is 0.353. The number of hydrogen-bond acceptors (Lipinski definition) is 5. The molecule has 2 aromatic heterocycles. The number of furan rings is 1. The number of amides is 1. The first-order chi connectivity index (χ1) is 11.2. The van der Waals surface area contributed by atoms with Crippen LogP contribution >= 0.6 is 0 Å². The number of nitrogens with zero attached hydrogens (tertiary/aromatic N) is 2. The second-order valence-electron chi connectivity index (χ2n) is 5.45. The van der Waals surface area contributed by atoms with Crippen molar-refractivity contribution in [2.45, 2.75) is 25.5 Å². The molecule has 1 amide bonds. The summed E-state index contributed by atoms with van der Waals surface area (Å²) in [6, 6.07) is 8.57. The summed E-state index contributed by atoms with van der Waals surface area (Å²) in [7, 11) is 0. The van der Waals surface area contributed by atoms with Gasteiger partial charge in [0, 0.05) is 19.3 Å². The Labute approximate surface area is 134 Å². The molecule has 6 heteroatoms. The predicted molar refractivity (Wildman–Crippen MR) is 81.7 cm³/mol. The topological polar surface area (TPSA) is 72.6 Å². The van der Waals surface area contributed by atoms with Crippen LogP contribution in [0.25, 0.3) is 0 Å². The van der Waals surface area contributed by atoms with Gasteiger partial charge in [0.2, 0.25) is 0 Å². The molecular weight excluding hydrogens is 296 g/mol. The maximum Gasteiger partial charge on any atom is 0.298 e. The number of pyridine rings is 1. The summed E-state index contributed by atoms with van der Waals surface area (Å²) in [5, 5.41) is 0. The van der Waals surface area contributed by atoms with Crippen LogP contribution in [0.3, 0.4) is 0 Å². The average Bonchev–Trinajstić information content (AvgIpc) is 3.27. The molecular formula is C17H18N2O4. The first-order valence-electron chi connectivity index (χ1n) is 7.62. The van der Waals surface area contributed by atoms with Gasteiger partial charge in [0.1, 0.15) is 0 Å². The number of ketones is 1. The smallest absolute Gasteiger partial charge is 0.298 e. The van der Waals surface area contributed by atoms with E-state index in [-0.39, 0.29) is 18.4 Å². The second-order valence-corrected chi connectivity index (χ2v) is 5.45. The maximum absolute atomic E-state index is 12.6. The summed E-state index contributed by atoms with van der Waals surface area (Å²) in [4.78, 5) is 30.5. The van der Waals surface area contributed by atoms with Gasteiger partial charge in [-0.3, -0.25) is 14.6 Å². The Hall–Kier alpha value is -2.47. The van der Waals surface area contributed by atoms with Crippen molar-refractivity contribution in [1.29, 1.82) is 0 Å². The zero-order valence-corrected chi connectivity index (χ0v) is 12.7. The van der Waals surface area contributed by atoms with Gasteiger partial charge in [0.25, 0.3) is 11.7 Å². The number of carbonyl (C=O) groups excluding carboxylic acids is 2. The quantitative estimate of drug-likeness (QED) is 0.603. The van der Waals surface area contributed by atoms with E-state index in [1.165, 1.54) is 17.2 Å². The van der Waals surface area contributed by atoms with Crippen LogP contribution in [0.4, 0.5) is 0 Å². The summed E-state index contributed by atoms with van der Waals surface area (Å²) in [5.74, 6) is -1.20. The molecule has 0 bridgehead atoms. The Morgan fingerprint density at radius 3 is 2.83 bits per heavy atom. The highest BCUT2D eigenvalue weighted by atomic mass is 16.5. The molecule has 120 valence electrons. The molecule has 1 fully saturated rings. The Morgan fingerprint density at radius 1 is 1.26 bits per heavy atom. The highest BCUT2D eigenvalue weighted by Crippen LogP contribution is 2.16. The predicted octanol–water partition coefficient (Wildman–Crippen LogP) is 2.07. The van der Waals surface area contributed by atoms with Crippen LogP contribution in [0.5, 0.6) is 0 Å². The van der Waals surface area contributed by atoms with Gasteiger partial charge in [0.15, 0.2) is 5.76 Å². The summed E-state index contributed by atoms with van der Waals surface area (Å²) < 4.78 is 10.6. The number of rotatable bonds is 6. The van der Waals surface area contributed by atoms with E-state index in [1.807, 2.05) is 18.2 Å². The molecule has 0 radical (unpaired) electrons. The van der Waals surface area contributed by atoms with Gasteiger partial charge in [0.05, 0.1) is 24.6 Å². The van der Waals surface area contributed by atoms with Crippen LogP contribution in [0, 0.1) is 0 Å². The lowest BCUT2D eigenvalue weighted by Crippen LogP contribution is -2.41. The molecule has 2 aromatic rings. The first kappa shape index (κ1) is 15.4. The third-order valence-corrected chi connectivity index (χ3v) is 3.75. The van der Waals surface area contributed by atoms with Crippen molar-refractivity contribution < 1.29 is 18.7 Å². The van der Waals surface area contributed by atoms with E-state index in [0.29, 0.717) is 13.2 Å². The van der Waals surface area contributed by atoms with Crippen LogP contribution in [0.15, 0.2) is 47.2 Å². The minimum atomic E-state index is -0.649. The van der Waals surface area contributed by atoms with Gasteiger partial charge in [-0.1, -0.05) is 6.07 Å². The molecule has 6 nitrogen and oxygen atoms in total. The largest absolute Gasteiger partial charge is 0.461 e. The van der Waals surface area contributed by atoms with E-state index >= 15 is 0 Å². The Balaban J connectivity index is 1.75. The molecule has 1 atom stereocenters. The van der Waals surface area contributed by atoms with E-state index in [2.05, 4.69) is 4.98 Å². The molecule has 3 rings (SSSR count). The lowest BCUT2D eigenvalue weighted by atomic mass is 10.2. The van der Waals surface area contributed by atoms with Crippen LogP contribution in [0.1, 0.15) is 29.1 Å². The van der Waals surface area contributed by atoms with Crippen LogP contribution in [0.2, 0.25) is 0 Å². The van der Waals surface area contributed by atoms with Crippen LogP contribution in [-0.4, -0.2) is 40.8 Å². The third-order valence-electron chi connectivity index (χ3n) is 3.75. The van der Waals surface area contributed by atoms with Crippen molar-refractivity contribution in [2.75, 3.05) is 13.2 Å². The molecule has 0 saturated carbocycles. The highest BCUT2D eigenvalue weighted by Gasteiger charge is 2.29. The normalized spacial score (nSPS) is 17.1. The molecule has 3 heterocycles. The van der Waals surface area contributed by atoms with Crippen LogP contribution in [-0.2, 0) is 16.1 Å². The summed E-state index contributed by atoms with van der Waals surface area (Å²) in [5.41, 5.74) is 0.728. The fourth-order valence-corrected chi connectivity index (χ4v) is 2.60. The van der Waals surface area contributed by atoms with Crippen molar-refractivity contribution in [3.05, 3.63) is 54.2 Å². The van der Waals surface area contributed by atoms with Gasteiger partial charge in [-0.05, 0) is 37.1 Å². The lowest BCUT2D eigenvalue weighted by Gasteiger charge is -2.24. The van der Waals surface area contributed by atoms with Gasteiger partial charge in [-0.2, -0.15) is 0 Å². The van der Waals surface area contributed by atoms with Crippen molar-refractivity contribution in [3.63, 3.8) is 0 Å². The summed E-state index contributed by atoms with van der Waals surface area (Å²) >= 11 is 0. The van der Waals surface area contributed by atoms with E-state index in [9.17, 15) is 9.59 Å². The van der Waals surface area contributed by atoms with Crippen molar-refractivity contribution in [3.8, 4) is 0 Å². The molecule has 1 saturated heterocycles. The number of aromatic nitrogens is 1. The SMILES string of the molecule is O=C(C(=O)N(Cc1ccccn1)CC1CCCO1)c1ccco1. The molecule has 1 aliphatic rings.